The number of hydrogen-bond donors (Lipinski definition) is 1. The fourth-order valence-electron chi connectivity index (χ4n) is 2.44. The minimum Gasteiger partial charge on any atom is -0.280 e. The lowest BCUT2D eigenvalue weighted by Crippen LogP contribution is -2.15. The maximum atomic E-state index is 13.4. The van der Waals surface area contributed by atoms with E-state index in [2.05, 4.69) is 5.10 Å². The fraction of sp³-hybridized carbons (Fsp3) is 0.118. The SMILES string of the molecule is Cc1nn(-c2ccccc2)cc1S(=O)(=O)Nc1ccc(F)c(C(F)(F)F)c1. The summed E-state index contributed by atoms with van der Waals surface area (Å²) >= 11 is 0. The van der Waals surface area contributed by atoms with Crippen LogP contribution in [-0.4, -0.2) is 18.2 Å². The van der Waals surface area contributed by atoms with Gasteiger partial charge in [-0.05, 0) is 37.3 Å². The second-order valence-electron chi connectivity index (χ2n) is 5.66. The van der Waals surface area contributed by atoms with Crippen molar-refractivity contribution in [2.75, 3.05) is 4.72 Å². The highest BCUT2D eigenvalue weighted by Gasteiger charge is 2.34. The Kier molecular flexibility index (Phi) is 4.68. The van der Waals surface area contributed by atoms with Crippen LogP contribution in [0.4, 0.5) is 23.2 Å². The summed E-state index contributed by atoms with van der Waals surface area (Å²) in [5.41, 5.74) is -1.19. The van der Waals surface area contributed by atoms with Crippen molar-refractivity contribution in [2.24, 2.45) is 0 Å². The zero-order valence-corrected chi connectivity index (χ0v) is 14.6. The van der Waals surface area contributed by atoms with Crippen molar-refractivity contribution in [1.29, 1.82) is 0 Å². The normalized spacial score (nSPS) is 12.2. The molecule has 0 unspecified atom stereocenters. The third-order valence-corrected chi connectivity index (χ3v) is 5.17. The Labute approximate surface area is 152 Å². The molecule has 0 amide bonds. The van der Waals surface area contributed by atoms with Crippen LogP contribution in [0.2, 0.25) is 0 Å². The number of halogens is 4. The van der Waals surface area contributed by atoms with Crippen molar-refractivity contribution < 1.29 is 26.0 Å². The molecule has 3 aromatic rings. The van der Waals surface area contributed by atoms with Crippen LogP contribution in [0.1, 0.15) is 11.3 Å². The lowest BCUT2D eigenvalue weighted by molar-refractivity contribution is -0.139. The zero-order valence-electron chi connectivity index (χ0n) is 13.8. The van der Waals surface area contributed by atoms with E-state index in [1.165, 1.54) is 17.8 Å². The molecule has 0 fully saturated rings. The number of alkyl halides is 3. The van der Waals surface area contributed by atoms with Crippen molar-refractivity contribution >= 4 is 15.7 Å². The molecule has 0 radical (unpaired) electrons. The maximum Gasteiger partial charge on any atom is 0.419 e. The van der Waals surface area contributed by atoms with Crippen LogP contribution in [0.3, 0.4) is 0 Å². The van der Waals surface area contributed by atoms with E-state index < -0.39 is 33.3 Å². The van der Waals surface area contributed by atoms with Crippen LogP contribution in [-0.2, 0) is 16.2 Å². The second-order valence-corrected chi connectivity index (χ2v) is 7.31. The number of benzene rings is 2. The number of hydrogen-bond acceptors (Lipinski definition) is 3. The number of rotatable bonds is 4. The summed E-state index contributed by atoms with van der Waals surface area (Å²) in [6.07, 6.45) is -3.69. The van der Waals surface area contributed by atoms with Gasteiger partial charge in [-0.3, -0.25) is 4.72 Å². The zero-order chi connectivity index (χ0) is 19.8. The predicted octanol–water partition coefficient (Wildman–Crippen LogP) is 4.14. The van der Waals surface area contributed by atoms with Crippen LogP contribution in [0.15, 0.2) is 59.6 Å². The summed E-state index contributed by atoms with van der Waals surface area (Å²) in [5.74, 6) is -1.49. The summed E-state index contributed by atoms with van der Waals surface area (Å²) < 4.78 is 80.3. The van der Waals surface area contributed by atoms with Crippen molar-refractivity contribution in [3.63, 3.8) is 0 Å². The smallest absolute Gasteiger partial charge is 0.280 e. The topological polar surface area (TPSA) is 64.0 Å². The Hall–Kier alpha value is -2.88. The lowest BCUT2D eigenvalue weighted by atomic mass is 10.2. The Bertz CT molecular complexity index is 1080. The van der Waals surface area contributed by atoms with Gasteiger partial charge in [-0.25, -0.2) is 17.5 Å². The molecular formula is C17H13F4N3O2S. The highest BCUT2D eigenvalue weighted by atomic mass is 32.2. The third-order valence-electron chi connectivity index (χ3n) is 3.69. The Morgan fingerprint density at radius 1 is 1.07 bits per heavy atom. The van der Waals surface area contributed by atoms with E-state index in [4.69, 9.17) is 0 Å². The van der Waals surface area contributed by atoms with E-state index in [9.17, 15) is 26.0 Å². The summed E-state index contributed by atoms with van der Waals surface area (Å²) in [6.45, 7) is 1.46. The average Bonchev–Trinajstić information content (AvgIpc) is 2.99. The minimum absolute atomic E-state index is 0.157. The molecule has 3 rings (SSSR count). The van der Waals surface area contributed by atoms with Crippen molar-refractivity contribution in [2.45, 2.75) is 18.0 Å². The summed E-state index contributed by atoms with van der Waals surface area (Å²) in [5, 5.41) is 4.12. The third kappa shape index (κ3) is 3.95. The summed E-state index contributed by atoms with van der Waals surface area (Å²) in [6, 6.07) is 10.6. The molecule has 0 saturated carbocycles. The van der Waals surface area contributed by atoms with Gasteiger partial charge in [0.1, 0.15) is 10.7 Å². The van der Waals surface area contributed by atoms with Gasteiger partial charge < -0.3 is 0 Å². The van der Waals surface area contributed by atoms with E-state index in [0.29, 0.717) is 17.8 Å². The molecule has 27 heavy (non-hydrogen) atoms. The van der Waals surface area contributed by atoms with Gasteiger partial charge in [0.05, 0.1) is 23.1 Å². The highest BCUT2D eigenvalue weighted by Crippen LogP contribution is 2.33. The van der Waals surface area contributed by atoms with Crippen molar-refractivity contribution in [3.05, 3.63) is 71.8 Å². The molecule has 0 bridgehead atoms. The molecule has 5 nitrogen and oxygen atoms in total. The molecule has 0 aliphatic rings. The van der Waals surface area contributed by atoms with Crippen LogP contribution < -0.4 is 4.72 Å². The molecule has 1 aromatic heterocycles. The standard InChI is InChI=1S/C17H13F4N3O2S/c1-11-16(10-24(22-11)13-5-3-2-4-6-13)27(25,26)23-12-7-8-15(18)14(9-12)17(19,20)21/h2-10,23H,1H3. The maximum absolute atomic E-state index is 13.4. The van der Waals surface area contributed by atoms with Gasteiger partial charge in [-0.1, -0.05) is 18.2 Å². The Morgan fingerprint density at radius 2 is 1.74 bits per heavy atom. The Morgan fingerprint density at radius 3 is 2.37 bits per heavy atom. The molecule has 0 aliphatic heterocycles. The molecule has 0 saturated heterocycles. The molecule has 0 aliphatic carbocycles. The van der Waals surface area contributed by atoms with Crippen LogP contribution in [0.25, 0.3) is 5.69 Å². The molecule has 0 spiro atoms. The predicted molar refractivity (Wildman–Crippen MR) is 90.5 cm³/mol. The number of nitrogens with one attached hydrogen (secondary N) is 1. The molecule has 1 N–H and O–H groups in total. The van der Waals surface area contributed by atoms with Gasteiger partial charge in [0.15, 0.2) is 0 Å². The number of nitrogens with zero attached hydrogens (tertiary/aromatic N) is 2. The quantitative estimate of drug-likeness (QED) is 0.671. The molecule has 10 heteroatoms. The first-order chi connectivity index (χ1) is 12.6. The van der Waals surface area contributed by atoms with Gasteiger partial charge in [0, 0.05) is 5.69 Å². The summed E-state index contributed by atoms with van der Waals surface area (Å²) in [4.78, 5) is -0.204. The highest BCUT2D eigenvalue weighted by molar-refractivity contribution is 7.92. The molecule has 1 heterocycles. The van der Waals surface area contributed by atoms with Crippen LogP contribution >= 0.6 is 0 Å². The van der Waals surface area contributed by atoms with Gasteiger partial charge in [-0.2, -0.15) is 18.3 Å². The number of aromatic nitrogens is 2. The van der Waals surface area contributed by atoms with Crippen LogP contribution in [0.5, 0.6) is 0 Å². The second kappa shape index (κ2) is 6.69. The van der Waals surface area contributed by atoms with E-state index >= 15 is 0 Å². The van der Waals surface area contributed by atoms with E-state index in [-0.39, 0.29) is 10.6 Å². The lowest BCUT2D eigenvalue weighted by Gasteiger charge is -2.11. The van der Waals surface area contributed by atoms with Gasteiger partial charge >= 0.3 is 6.18 Å². The number of sulfonamides is 1. The number of para-hydroxylation sites is 1. The Balaban J connectivity index is 1.96. The van der Waals surface area contributed by atoms with Gasteiger partial charge in [0.25, 0.3) is 10.0 Å². The number of aryl methyl sites for hydroxylation is 1. The van der Waals surface area contributed by atoms with Crippen molar-refractivity contribution in [1.82, 2.24) is 9.78 Å². The number of anilines is 1. The van der Waals surface area contributed by atoms with E-state index in [1.54, 1.807) is 30.3 Å². The summed E-state index contributed by atoms with van der Waals surface area (Å²) in [7, 11) is -4.23. The largest absolute Gasteiger partial charge is 0.419 e. The molecular weight excluding hydrogens is 386 g/mol. The van der Waals surface area contributed by atoms with Gasteiger partial charge in [0.2, 0.25) is 0 Å². The van der Waals surface area contributed by atoms with E-state index in [0.717, 1.165) is 6.07 Å². The van der Waals surface area contributed by atoms with Crippen molar-refractivity contribution in [3.8, 4) is 5.69 Å². The van der Waals surface area contributed by atoms with E-state index in [1.807, 2.05) is 4.72 Å². The van der Waals surface area contributed by atoms with Gasteiger partial charge in [-0.15, -0.1) is 0 Å². The molecule has 0 atom stereocenters. The first kappa shape index (κ1) is 18.9. The fourth-order valence-corrected chi connectivity index (χ4v) is 3.65. The monoisotopic (exact) mass is 399 g/mol. The van der Waals surface area contributed by atoms with Crippen LogP contribution in [0, 0.1) is 12.7 Å². The first-order valence-electron chi connectivity index (χ1n) is 7.59. The average molecular weight is 399 g/mol. The first-order valence-corrected chi connectivity index (χ1v) is 9.07. The molecule has 142 valence electrons. The molecule has 2 aromatic carbocycles. The minimum atomic E-state index is -4.94.